The first-order valence-corrected chi connectivity index (χ1v) is 13.0. The molecule has 37 heavy (non-hydrogen) atoms. The lowest BCUT2D eigenvalue weighted by Crippen LogP contribution is -2.52. The zero-order valence-corrected chi connectivity index (χ0v) is 22.8. The second kappa shape index (κ2) is 11.0. The van der Waals surface area contributed by atoms with E-state index in [1.807, 2.05) is 6.92 Å². The minimum Gasteiger partial charge on any atom is -0.496 e. The summed E-state index contributed by atoms with van der Waals surface area (Å²) in [4.78, 5) is 29.2. The number of hydrogen-bond donors (Lipinski definition) is 1. The SMILES string of the molecule is CCOc1cc(CN2CCC3(CC2)CN(c2ccc(C(=O)OC)c(OC)c2)C(=O)N3)c(C(C)C)cc1C. The number of esters is 1. The van der Waals surface area contributed by atoms with E-state index < -0.39 is 5.97 Å². The summed E-state index contributed by atoms with van der Waals surface area (Å²) in [6.07, 6.45) is 1.74. The molecule has 2 amide bonds. The van der Waals surface area contributed by atoms with Crippen molar-refractivity contribution >= 4 is 17.7 Å². The van der Waals surface area contributed by atoms with Crippen LogP contribution in [0.1, 0.15) is 66.6 Å². The Balaban J connectivity index is 1.45. The Morgan fingerprint density at radius 3 is 2.46 bits per heavy atom. The summed E-state index contributed by atoms with van der Waals surface area (Å²) in [7, 11) is 2.84. The lowest BCUT2D eigenvalue weighted by molar-refractivity contribution is 0.0597. The fourth-order valence-corrected chi connectivity index (χ4v) is 5.44. The van der Waals surface area contributed by atoms with Gasteiger partial charge in [-0.05, 0) is 67.5 Å². The highest BCUT2D eigenvalue weighted by molar-refractivity contribution is 5.97. The third-order valence-electron chi connectivity index (χ3n) is 7.55. The van der Waals surface area contributed by atoms with Gasteiger partial charge in [-0.15, -0.1) is 0 Å². The number of piperidine rings is 1. The topological polar surface area (TPSA) is 80.3 Å². The van der Waals surface area contributed by atoms with Crippen molar-refractivity contribution in [1.29, 1.82) is 0 Å². The maximum atomic E-state index is 13.0. The zero-order valence-electron chi connectivity index (χ0n) is 22.8. The van der Waals surface area contributed by atoms with Crippen LogP contribution >= 0.6 is 0 Å². The third kappa shape index (κ3) is 5.54. The van der Waals surface area contributed by atoms with Crippen LogP contribution in [-0.2, 0) is 11.3 Å². The number of nitrogens with one attached hydrogen (secondary N) is 1. The molecule has 1 N–H and O–H groups in total. The molecule has 2 aromatic carbocycles. The summed E-state index contributed by atoms with van der Waals surface area (Å²) >= 11 is 0. The fraction of sp³-hybridized carbons (Fsp3) is 0.517. The summed E-state index contributed by atoms with van der Waals surface area (Å²) in [6.45, 7) is 12.5. The number of nitrogens with zero attached hydrogens (tertiary/aromatic N) is 2. The molecule has 2 aliphatic rings. The monoisotopic (exact) mass is 509 g/mol. The van der Waals surface area contributed by atoms with Gasteiger partial charge in [-0.3, -0.25) is 9.80 Å². The molecule has 0 aromatic heterocycles. The van der Waals surface area contributed by atoms with E-state index in [9.17, 15) is 9.59 Å². The molecule has 4 rings (SSSR count). The molecule has 0 atom stereocenters. The van der Waals surface area contributed by atoms with E-state index in [1.54, 1.807) is 23.1 Å². The van der Waals surface area contributed by atoms with Crippen molar-refractivity contribution < 1.29 is 23.8 Å². The van der Waals surface area contributed by atoms with E-state index in [1.165, 1.54) is 30.9 Å². The average molecular weight is 510 g/mol. The van der Waals surface area contributed by atoms with Gasteiger partial charge in [-0.25, -0.2) is 9.59 Å². The number of likely N-dealkylation sites (tertiary alicyclic amines) is 1. The molecule has 8 nitrogen and oxygen atoms in total. The number of urea groups is 1. The third-order valence-corrected chi connectivity index (χ3v) is 7.55. The van der Waals surface area contributed by atoms with E-state index in [0.29, 0.717) is 36.1 Å². The first-order chi connectivity index (χ1) is 17.7. The summed E-state index contributed by atoms with van der Waals surface area (Å²) < 4.78 is 16.1. The predicted molar refractivity (Wildman–Crippen MR) is 144 cm³/mol. The Labute approximate surface area is 219 Å². The number of aryl methyl sites for hydroxylation is 1. The van der Waals surface area contributed by atoms with Crippen molar-refractivity contribution in [3.05, 3.63) is 52.6 Å². The summed E-state index contributed by atoms with van der Waals surface area (Å²) in [5, 5.41) is 3.26. The van der Waals surface area contributed by atoms with E-state index in [0.717, 1.165) is 38.2 Å². The van der Waals surface area contributed by atoms with Crippen LogP contribution in [0.3, 0.4) is 0 Å². The molecule has 2 aliphatic heterocycles. The molecule has 0 radical (unpaired) electrons. The van der Waals surface area contributed by atoms with Gasteiger partial charge in [0, 0.05) is 31.4 Å². The molecular weight excluding hydrogens is 470 g/mol. The van der Waals surface area contributed by atoms with Gasteiger partial charge in [0.15, 0.2) is 0 Å². The highest BCUT2D eigenvalue weighted by atomic mass is 16.5. The Hall–Kier alpha value is -3.26. The first kappa shape index (κ1) is 26.8. The Kier molecular flexibility index (Phi) is 7.97. The lowest BCUT2D eigenvalue weighted by Gasteiger charge is -2.39. The molecule has 8 heteroatoms. The van der Waals surface area contributed by atoms with Crippen LogP contribution in [-0.4, -0.2) is 62.9 Å². The average Bonchev–Trinajstić information content (AvgIpc) is 3.21. The maximum absolute atomic E-state index is 13.0. The molecule has 200 valence electrons. The fourth-order valence-electron chi connectivity index (χ4n) is 5.44. The van der Waals surface area contributed by atoms with Gasteiger partial charge in [-0.1, -0.05) is 19.9 Å². The number of anilines is 1. The van der Waals surface area contributed by atoms with Crippen LogP contribution in [0.5, 0.6) is 11.5 Å². The molecule has 2 saturated heterocycles. The minimum atomic E-state index is -0.472. The normalized spacial score (nSPS) is 17.3. The van der Waals surface area contributed by atoms with Gasteiger partial charge in [0.05, 0.1) is 32.9 Å². The van der Waals surface area contributed by atoms with Crippen LogP contribution in [0.2, 0.25) is 0 Å². The van der Waals surface area contributed by atoms with E-state index in [-0.39, 0.29) is 11.6 Å². The number of carbonyl (C=O) groups excluding carboxylic acids is 2. The van der Waals surface area contributed by atoms with Gasteiger partial charge in [0.2, 0.25) is 0 Å². The molecule has 2 fully saturated rings. The Morgan fingerprint density at radius 1 is 1.11 bits per heavy atom. The minimum absolute atomic E-state index is 0.122. The number of ether oxygens (including phenoxy) is 3. The summed E-state index contributed by atoms with van der Waals surface area (Å²) in [6, 6.07) is 9.49. The van der Waals surface area contributed by atoms with Crippen molar-refractivity contribution in [1.82, 2.24) is 10.2 Å². The van der Waals surface area contributed by atoms with Gasteiger partial charge in [0.25, 0.3) is 0 Å². The standard InChI is InChI=1S/C29H39N3O5/c1-7-37-25-15-21(24(19(2)3)14-20(25)4)17-31-12-10-29(11-13-31)18-32(28(34)30-29)22-8-9-23(27(33)36-6)26(16-22)35-5/h8-9,14-16,19H,7,10-13,17-18H2,1-6H3,(H,30,34). The van der Waals surface area contributed by atoms with Crippen molar-refractivity contribution in [3.63, 3.8) is 0 Å². The second-order valence-electron chi connectivity index (χ2n) is 10.4. The van der Waals surface area contributed by atoms with E-state index in [2.05, 4.69) is 43.1 Å². The largest absolute Gasteiger partial charge is 0.496 e. The van der Waals surface area contributed by atoms with Crippen LogP contribution in [0.4, 0.5) is 10.5 Å². The highest BCUT2D eigenvalue weighted by Gasteiger charge is 2.45. The smallest absolute Gasteiger partial charge is 0.341 e. The first-order valence-electron chi connectivity index (χ1n) is 13.0. The molecule has 0 bridgehead atoms. The predicted octanol–water partition coefficient (Wildman–Crippen LogP) is 4.88. The van der Waals surface area contributed by atoms with Gasteiger partial charge in [0.1, 0.15) is 17.1 Å². The van der Waals surface area contributed by atoms with Crippen LogP contribution in [0.15, 0.2) is 30.3 Å². The van der Waals surface area contributed by atoms with Gasteiger partial charge in [-0.2, -0.15) is 0 Å². The number of carbonyl (C=O) groups is 2. The number of hydrogen-bond acceptors (Lipinski definition) is 6. The number of benzene rings is 2. The molecular formula is C29H39N3O5. The highest BCUT2D eigenvalue weighted by Crippen LogP contribution is 2.35. The van der Waals surface area contributed by atoms with Crippen LogP contribution in [0, 0.1) is 6.92 Å². The van der Waals surface area contributed by atoms with E-state index in [4.69, 9.17) is 14.2 Å². The second-order valence-corrected chi connectivity index (χ2v) is 10.4. The van der Waals surface area contributed by atoms with E-state index >= 15 is 0 Å². The van der Waals surface area contributed by atoms with Gasteiger partial charge >= 0.3 is 12.0 Å². The quantitative estimate of drug-likeness (QED) is 0.511. The summed E-state index contributed by atoms with van der Waals surface area (Å²) in [5.74, 6) is 1.31. The van der Waals surface area contributed by atoms with Crippen molar-refractivity contribution in [2.24, 2.45) is 0 Å². The summed E-state index contributed by atoms with van der Waals surface area (Å²) in [5.41, 5.74) is 4.62. The lowest BCUT2D eigenvalue weighted by atomic mass is 9.87. The van der Waals surface area contributed by atoms with Gasteiger partial charge < -0.3 is 19.5 Å². The van der Waals surface area contributed by atoms with Crippen LogP contribution in [0.25, 0.3) is 0 Å². The van der Waals surface area contributed by atoms with Crippen molar-refractivity contribution in [2.45, 2.75) is 58.5 Å². The zero-order chi connectivity index (χ0) is 26.7. The van der Waals surface area contributed by atoms with Crippen molar-refractivity contribution in [3.8, 4) is 11.5 Å². The molecule has 2 heterocycles. The number of methoxy groups -OCH3 is 2. The van der Waals surface area contributed by atoms with Crippen LogP contribution < -0.4 is 19.7 Å². The number of rotatable bonds is 8. The molecule has 0 aliphatic carbocycles. The number of amides is 2. The Morgan fingerprint density at radius 2 is 1.84 bits per heavy atom. The Bertz CT molecular complexity index is 1150. The molecule has 2 aromatic rings. The molecule has 0 saturated carbocycles. The molecule has 0 unspecified atom stereocenters. The maximum Gasteiger partial charge on any atom is 0.341 e. The molecule has 1 spiro atoms. The van der Waals surface area contributed by atoms with Crippen molar-refractivity contribution in [2.75, 3.05) is 45.4 Å².